The fourth-order valence-electron chi connectivity index (χ4n) is 2.64. The van der Waals surface area contributed by atoms with E-state index in [1.807, 2.05) is 0 Å². The first-order valence-electron chi connectivity index (χ1n) is 5.73. The normalized spacial score (nSPS) is 18.7. The van der Waals surface area contributed by atoms with E-state index in [0.717, 1.165) is 6.42 Å². The number of benzene rings is 1. The Morgan fingerprint density at radius 3 is 3.12 bits per heavy atom. The van der Waals surface area contributed by atoms with Crippen molar-refractivity contribution in [2.45, 2.75) is 25.2 Å². The Balaban J connectivity index is 1.82. The number of hydrogen-bond donors (Lipinski definition) is 1. The standard InChI is InChI=1S/C14H14BrN/c15-13-3-1-2-10(9-13)8-12-5-4-11-6-7-16-14(11)12/h1-3,6-7,9,12,16H,4-5,8H2. The third kappa shape index (κ3) is 1.82. The summed E-state index contributed by atoms with van der Waals surface area (Å²) in [6.45, 7) is 0. The highest BCUT2D eigenvalue weighted by molar-refractivity contribution is 9.10. The zero-order valence-electron chi connectivity index (χ0n) is 9.04. The molecule has 1 nitrogen and oxygen atoms in total. The summed E-state index contributed by atoms with van der Waals surface area (Å²) in [5.41, 5.74) is 4.39. The molecule has 0 aliphatic heterocycles. The summed E-state index contributed by atoms with van der Waals surface area (Å²) in [6.07, 6.45) is 5.73. The lowest BCUT2D eigenvalue weighted by Gasteiger charge is -2.10. The van der Waals surface area contributed by atoms with Gasteiger partial charge in [0, 0.05) is 22.3 Å². The quantitative estimate of drug-likeness (QED) is 0.851. The molecule has 1 heterocycles. The smallest absolute Gasteiger partial charge is 0.0214 e. The van der Waals surface area contributed by atoms with Gasteiger partial charge in [0.05, 0.1) is 0 Å². The predicted molar refractivity (Wildman–Crippen MR) is 69.7 cm³/mol. The molecule has 1 atom stereocenters. The van der Waals surface area contributed by atoms with Crippen molar-refractivity contribution in [2.75, 3.05) is 0 Å². The molecular weight excluding hydrogens is 262 g/mol. The summed E-state index contributed by atoms with van der Waals surface area (Å²) in [6, 6.07) is 10.9. The Hall–Kier alpha value is -1.02. The molecule has 82 valence electrons. The van der Waals surface area contributed by atoms with E-state index in [9.17, 15) is 0 Å². The van der Waals surface area contributed by atoms with Gasteiger partial charge in [-0.15, -0.1) is 0 Å². The van der Waals surface area contributed by atoms with Crippen LogP contribution < -0.4 is 0 Å². The molecule has 0 bridgehead atoms. The van der Waals surface area contributed by atoms with Crippen LogP contribution in [0.25, 0.3) is 0 Å². The van der Waals surface area contributed by atoms with Gasteiger partial charge in [0.15, 0.2) is 0 Å². The van der Waals surface area contributed by atoms with E-state index < -0.39 is 0 Å². The molecule has 0 saturated heterocycles. The number of rotatable bonds is 2. The maximum absolute atomic E-state index is 3.53. The van der Waals surface area contributed by atoms with Crippen LogP contribution in [0.5, 0.6) is 0 Å². The van der Waals surface area contributed by atoms with Gasteiger partial charge in [0.25, 0.3) is 0 Å². The average molecular weight is 276 g/mol. The Bertz CT molecular complexity index is 501. The van der Waals surface area contributed by atoms with Gasteiger partial charge in [0.2, 0.25) is 0 Å². The minimum absolute atomic E-state index is 0.680. The molecule has 2 heteroatoms. The van der Waals surface area contributed by atoms with Crippen molar-refractivity contribution in [3.05, 3.63) is 57.8 Å². The Kier molecular flexibility index (Phi) is 2.60. The van der Waals surface area contributed by atoms with Crippen molar-refractivity contribution in [3.63, 3.8) is 0 Å². The van der Waals surface area contributed by atoms with Gasteiger partial charge in [-0.05, 0) is 48.6 Å². The van der Waals surface area contributed by atoms with E-state index in [1.54, 1.807) is 0 Å². The predicted octanol–water partition coefficient (Wildman–Crippen LogP) is 4.05. The molecule has 0 spiro atoms. The first-order chi connectivity index (χ1) is 7.83. The van der Waals surface area contributed by atoms with Crippen LogP contribution in [0.2, 0.25) is 0 Å². The van der Waals surface area contributed by atoms with Crippen LogP contribution in [-0.2, 0) is 12.8 Å². The van der Waals surface area contributed by atoms with Crippen LogP contribution in [0, 0.1) is 0 Å². The highest BCUT2D eigenvalue weighted by Gasteiger charge is 2.23. The molecule has 16 heavy (non-hydrogen) atoms. The summed E-state index contributed by atoms with van der Waals surface area (Å²) >= 11 is 3.53. The van der Waals surface area contributed by atoms with Crippen molar-refractivity contribution in [1.29, 1.82) is 0 Å². The number of fused-ring (bicyclic) bond motifs is 1. The van der Waals surface area contributed by atoms with E-state index >= 15 is 0 Å². The van der Waals surface area contributed by atoms with Gasteiger partial charge in [-0.1, -0.05) is 28.1 Å². The summed E-state index contributed by atoms with van der Waals surface area (Å²) in [7, 11) is 0. The van der Waals surface area contributed by atoms with Gasteiger partial charge in [-0.25, -0.2) is 0 Å². The van der Waals surface area contributed by atoms with Crippen LogP contribution in [0.15, 0.2) is 41.0 Å². The SMILES string of the molecule is Brc1cccc(CC2CCc3cc[nH]c32)c1. The van der Waals surface area contributed by atoms with Crippen LogP contribution >= 0.6 is 15.9 Å². The molecule has 0 fully saturated rings. The largest absolute Gasteiger partial charge is 0.365 e. The average Bonchev–Trinajstić information content (AvgIpc) is 2.83. The van der Waals surface area contributed by atoms with E-state index in [4.69, 9.17) is 0 Å². The lowest BCUT2D eigenvalue weighted by molar-refractivity contribution is 0.659. The zero-order chi connectivity index (χ0) is 11.0. The number of aryl methyl sites for hydroxylation is 1. The lowest BCUT2D eigenvalue weighted by atomic mass is 9.97. The van der Waals surface area contributed by atoms with Crippen molar-refractivity contribution < 1.29 is 0 Å². The Labute approximate surface area is 104 Å². The minimum atomic E-state index is 0.680. The van der Waals surface area contributed by atoms with Crippen molar-refractivity contribution >= 4 is 15.9 Å². The third-order valence-electron chi connectivity index (χ3n) is 3.41. The van der Waals surface area contributed by atoms with Gasteiger partial charge in [-0.3, -0.25) is 0 Å². The van der Waals surface area contributed by atoms with Crippen molar-refractivity contribution in [3.8, 4) is 0 Å². The minimum Gasteiger partial charge on any atom is -0.365 e. The molecule has 0 amide bonds. The topological polar surface area (TPSA) is 15.8 Å². The zero-order valence-corrected chi connectivity index (χ0v) is 10.6. The molecule has 3 rings (SSSR count). The molecule has 1 aromatic heterocycles. The van der Waals surface area contributed by atoms with Gasteiger partial charge in [-0.2, -0.15) is 0 Å². The maximum Gasteiger partial charge on any atom is 0.0214 e. The highest BCUT2D eigenvalue weighted by atomic mass is 79.9. The lowest BCUT2D eigenvalue weighted by Crippen LogP contribution is -1.99. The summed E-state index contributed by atoms with van der Waals surface area (Å²) in [5, 5.41) is 0. The van der Waals surface area contributed by atoms with E-state index in [-0.39, 0.29) is 0 Å². The van der Waals surface area contributed by atoms with Crippen LogP contribution in [-0.4, -0.2) is 4.98 Å². The van der Waals surface area contributed by atoms with Crippen LogP contribution in [0.3, 0.4) is 0 Å². The Morgan fingerprint density at radius 1 is 1.31 bits per heavy atom. The number of aromatic amines is 1. The summed E-state index contributed by atoms with van der Waals surface area (Å²) < 4.78 is 1.18. The summed E-state index contributed by atoms with van der Waals surface area (Å²) in [5.74, 6) is 0.680. The van der Waals surface area contributed by atoms with E-state index in [1.165, 1.54) is 34.1 Å². The number of nitrogens with one attached hydrogen (secondary N) is 1. The molecular formula is C14H14BrN. The number of aromatic nitrogens is 1. The number of H-pyrrole nitrogens is 1. The first-order valence-corrected chi connectivity index (χ1v) is 6.53. The van der Waals surface area contributed by atoms with Crippen LogP contribution in [0.1, 0.15) is 29.2 Å². The second kappa shape index (κ2) is 4.10. The van der Waals surface area contributed by atoms with E-state index in [2.05, 4.69) is 57.4 Å². The third-order valence-corrected chi connectivity index (χ3v) is 3.90. The molecule has 1 aliphatic carbocycles. The van der Waals surface area contributed by atoms with Crippen molar-refractivity contribution in [1.82, 2.24) is 4.98 Å². The molecule has 0 saturated carbocycles. The fraction of sp³-hybridized carbons (Fsp3) is 0.286. The monoisotopic (exact) mass is 275 g/mol. The van der Waals surface area contributed by atoms with E-state index in [0.29, 0.717) is 5.92 Å². The molecule has 1 aromatic carbocycles. The van der Waals surface area contributed by atoms with Crippen LogP contribution in [0.4, 0.5) is 0 Å². The number of hydrogen-bond acceptors (Lipinski definition) is 0. The Morgan fingerprint density at radius 2 is 2.25 bits per heavy atom. The molecule has 0 radical (unpaired) electrons. The van der Waals surface area contributed by atoms with Crippen molar-refractivity contribution in [2.24, 2.45) is 0 Å². The highest BCUT2D eigenvalue weighted by Crippen LogP contribution is 2.34. The molecule has 1 N–H and O–H groups in total. The number of halogens is 1. The fourth-order valence-corrected chi connectivity index (χ4v) is 3.09. The second-order valence-electron chi connectivity index (χ2n) is 4.49. The first kappa shape index (κ1) is 10.2. The second-order valence-corrected chi connectivity index (χ2v) is 5.40. The summed E-state index contributed by atoms with van der Waals surface area (Å²) in [4.78, 5) is 3.39. The molecule has 1 aliphatic rings. The molecule has 1 unspecified atom stereocenters. The molecule has 2 aromatic rings. The van der Waals surface area contributed by atoms with Gasteiger partial charge < -0.3 is 4.98 Å². The van der Waals surface area contributed by atoms with Gasteiger partial charge >= 0.3 is 0 Å². The maximum atomic E-state index is 3.53. The van der Waals surface area contributed by atoms with Gasteiger partial charge in [0.1, 0.15) is 0 Å².